The van der Waals surface area contributed by atoms with Gasteiger partial charge in [-0.25, -0.2) is 0 Å². The number of nitro groups is 1. The molecule has 0 aromatic heterocycles. The Morgan fingerprint density at radius 1 is 1.38 bits per heavy atom. The summed E-state index contributed by atoms with van der Waals surface area (Å²) in [6.45, 7) is 0. The molecule has 2 atom stereocenters. The maximum Gasteiger partial charge on any atom is 0.269 e. The molecule has 1 aromatic carbocycles. The molecule has 1 fully saturated rings. The van der Waals surface area contributed by atoms with Crippen LogP contribution in [-0.2, 0) is 0 Å². The van der Waals surface area contributed by atoms with Gasteiger partial charge in [-0.15, -0.1) is 0 Å². The molecule has 68 valence electrons. The van der Waals surface area contributed by atoms with Crippen LogP contribution in [0.15, 0.2) is 24.3 Å². The average Bonchev–Trinajstić information content (AvgIpc) is 2.83. The number of hydrogen-bond acceptors (Lipinski definition) is 3. The van der Waals surface area contributed by atoms with E-state index in [1.807, 2.05) is 0 Å². The lowest BCUT2D eigenvalue weighted by molar-refractivity contribution is -0.384. The van der Waals surface area contributed by atoms with Crippen molar-refractivity contribution >= 4 is 5.69 Å². The van der Waals surface area contributed by atoms with Gasteiger partial charge in [0.15, 0.2) is 0 Å². The molecule has 0 amide bonds. The summed E-state index contributed by atoms with van der Waals surface area (Å²) in [5, 5.41) is 10.3. The summed E-state index contributed by atoms with van der Waals surface area (Å²) in [5.74, 6) is 0.417. The molecular weight excluding hydrogens is 168 g/mol. The molecule has 2 N–H and O–H groups in total. The van der Waals surface area contributed by atoms with E-state index < -0.39 is 4.92 Å². The first-order chi connectivity index (χ1) is 6.18. The van der Waals surface area contributed by atoms with E-state index in [1.165, 1.54) is 12.1 Å². The Bertz CT molecular complexity index is 334. The van der Waals surface area contributed by atoms with Gasteiger partial charge in [-0.3, -0.25) is 10.1 Å². The van der Waals surface area contributed by atoms with Crippen LogP contribution in [0, 0.1) is 10.1 Å². The number of nitro benzene ring substituents is 1. The number of nitrogens with two attached hydrogens (primary N) is 1. The maximum atomic E-state index is 10.3. The monoisotopic (exact) mass is 178 g/mol. The SMILES string of the molecule is NC1CC1c1ccc([N+](=O)[O-])cc1. The van der Waals surface area contributed by atoms with E-state index >= 15 is 0 Å². The highest BCUT2D eigenvalue weighted by Crippen LogP contribution is 2.39. The van der Waals surface area contributed by atoms with Crippen LogP contribution in [-0.4, -0.2) is 11.0 Å². The van der Waals surface area contributed by atoms with Crippen molar-refractivity contribution in [1.82, 2.24) is 0 Å². The van der Waals surface area contributed by atoms with Gasteiger partial charge in [0.1, 0.15) is 0 Å². The molecule has 1 aromatic rings. The fourth-order valence-corrected chi connectivity index (χ4v) is 1.44. The quantitative estimate of drug-likeness (QED) is 0.549. The van der Waals surface area contributed by atoms with Gasteiger partial charge in [0.2, 0.25) is 0 Å². The summed E-state index contributed by atoms with van der Waals surface area (Å²) in [6.07, 6.45) is 0.998. The number of hydrogen-bond donors (Lipinski definition) is 1. The molecule has 0 bridgehead atoms. The van der Waals surface area contributed by atoms with Gasteiger partial charge in [0.25, 0.3) is 5.69 Å². The smallest absolute Gasteiger partial charge is 0.269 e. The van der Waals surface area contributed by atoms with Crippen molar-refractivity contribution in [2.24, 2.45) is 5.73 Å². The second-order valence-corrected chi connectivity index (χ2v) is 3.35. The van der Waals surface area contributed by atoms with Gasteiger partial charge in [-0.1, -0.05) is 12.1 Å². The number of non-ortho nitro benzene ring substituents is 1. The lowest BCUT2D eigenvalue weighted by Crippen LogP contribution is -2.00. The third kappa shape index (κ3) is 1.53. The van der Waals surface area contributed by atoms with Crippen LogP contribution in [0.25, 0.3) is 0 Å². The maximum absolute atomic E-state index is 10.3. The van der Waals surface area contributed by atoms with Crippen molar-refractivity contribution in [2.45, 2.75) is 18.4 Å². The third-order valence-corrected chi connectivity index (χ3v) is 2.37. The van der Waals surface area contributed by atoms with E-state index in [0.29, 0.717) is 5.92 Å². The Labute approximate surface area is 75.5 Å². The molecule has 2 unspecified atom stereocenters. The zero-order valence-corrected chi connectivity index (χ0v) is 7.01. The second-order valence-electron chi connectivity index (χ2n) is 3.35. The Kier molecular flexibility index (Phi) is 1.77. The van der Waals surface area contributed by atoms with Crippen molar-refractivity contribution in [1.29, 1.82) is 0 Å². The van der Waals surface area contributed by atoms with Crippen LogP contribution < -0.4 is 5.73 Å². The Hall–Kier alpha value is -1.42. The average molecular weight is 178 g/mol. The van der Waals surface area contributed by atoms with Crippen LogP contribution in [0.2, 0.25) is 0 Å². The Balaban J connectivity index is 2.19. The molecule has 0 spiro atoms. The van der Waals surface area contributed by atoms with E-state index in [0.717, 1.165) is 12.0 Å². The van der Waals surface area contributed by atoms with Crippen LogP contribution in [0.4, 0.5) is 5.69 Å². The first kappa shape index (κ1) is 8.19. The highest BCUT2D eigenvalue weighted by Gasteiger charge is 2.34. The fourth-order valence-electron chi connectivity index (χ4n) is 1.44. The number of rotatable bonds is 2. The summed E-state index contributed by atoms with van der Waals surface area (Å²) in [4.78, 5) is 9.95. The predicted octanol–water partition coefficient (Wildman–Crippen LogP) is 1.41. The van der Waals surface area contributed by atoms with Gasteiger partial charge in [0.05, 0.1) is 4.92 Å². The van der Waals surface area contributed by atoms with E-state index in [1.54, 1.807) is 12.1 Å². The Morgan fingerprint density at radius 2 is 1.92 bits per heavy atom. The van der Waals surface area contributed by atoms with E-state index in [4.69, 9.17) is 5.73 Å². The lowest BCUT2D eigenvalue weighted by Gasteiger charge is -1.96. The second kappa shape index (κ2) is 2.81. The Morgan fingerprint density at radius 3 is 2.31 bits per heavy atom. The lowest BCUT2D eigenvalue weighted by atomic mass is 10.1. The molecule has 2 rings (SSSR count). The van der Waals surface area contributed by atoms with E-state index in [9.17, 15) is 10.1 Å². The van der Waals surface area contributed by atoms with Crippen molar-refractivity contribution in [3.05, 3.63) is 39.9 Å². The van der Waals surface area contributed by atoms with Gasteiger partial charge < -0.3 is 5.73 Å². The van der Waals surface area contributed by atoms with E-state index in [2.05, 4.69) is 0 Å². The number of nitrogens with zero attached hydrogens (tertiary/aromatic N) is 1. The van der Waals surface area contributed by atoms with E-state index in [-0.39, 0.29) is 11.7 Å². The molecule has 4 nitrogen and oxygen atoms in total. The first-order valence-corrected chi connectivity index (χ1v) is 4.18. The van der Waals surface area contributed by atoms with Crippen LogP contribution in [0.3, 0.4) is 0 Å². The molecule has 4 heteroatoms. The summed E-state index contributed by atoms with van der Waals surface area (Å²) in [5.41, 5.74) is 6.91. The molecule has 1 aliphatic rings. The summed E-state index contributed by atoms with van der Waals surface area (Å²) in [7, 11) is 0. The van der Waals surface area contributed by atoms with Crippen LogP contribution in [0.5, 0.6) is 0 Å². The molecule has 0 radical (unpaired) electrons. The van der Waals surface area contributed by atoms with Crippen molar-refractivity contribution < 1.29 is 4.92 Å². The summed E-state index contributed by atoms with van der Waals surface area (Å²) < 4.78 is 0. The summed E-state index contributed by atoms with van der Waals surface area (Å²) >= 11 is 0. The topological polar surface area (TPSA) is 69.2 Å². The zero-order chi connectivity index (χ0) is 9.42. The standard InChI is InChI=1S/C9H10N2O2/c10-9-5-8(9)6-1-3-7(4-2-6)11(12)13/h1-4,8-9H,5,10H2. The molecule has 1 saturated carbocycles. The zero-order valence-electron chi connectivity index (χ0n) is 7.01. The van der Waals surface area contributed by atoms with Gasteiger partial charge in [-0.05, 0) is 12.0 Å². The van der Waals surface area contributed by atoms with Gasteiger partial charge >= 0.3 is 0 Å². The molecule has 0 saturated heterocycles. The van der Waals surface area contributed by atoms with Crippen molar-refractivity contribution in [3.63, 3.8) is 0 Å². The highest BCUT2D eigenvalue weighted by molar-refractivity contribution is 5.37. The highest BCUT2D eigenvalue weighted by atomic mass is 16.6. The molecule has 1 aliphatic carbocycles. The van der Waals surface area contributed by atoms with Crippen molar-refractivity contribution in [2.75, 3.05) is 0 Å². The minimum absolute atomic E-state index is 0.137. The normalized spacial score (nSPS) is 25.6. The number of benzene rings is 1. The summed E-state index contributed by atoms with van der Waals surface area (Å²) in [6, 6.07) is 6.88. The third-order valence-electron chi connectivity index (χ3n) is 2.37. The molecule has 0 aliphatic heterocycles. The first-order valence-electron chi connectivity index (χ1n) is 4.18. The van der Waals surface area contributed by atoms with Crippen LogP contribution >= 0.6 is 0 Å². The molecular formula is C9H10N2O2. The fraction of sp³-hybridized carbons (Fsp3) is 0.333. The minimum Gasteiger partial charge on any atom is -0.327 e. The predicted molar refractivity (Wildman–Crippen MR) is 48.4 cm³/mol. The minimum atomic E-state index is -0.392. The molecule has 0 heterocycles. The van der Waals surface area contributed by atoms with Gasteiger partial charge in [-0.2, -0.15) is 0 Å². The molecule has 13 heavy (non-hydrogen) atoms. The van der Waals surface area contributed by atoms with Gasteiger partial charge in [0, 0.05) is 24.1 Å². The van der Waals surface area contributed by atoms with Crippen LogP contribution in [0.1, 0.15) is 17.9 Å². The largest absolute Gasteiger partial charge is 0.327 e. The van der Waals surface area contributed by atoms with Crippen molar-refractivity contribution in [3.8, 4) is 0 Å².